The Hall–Kier alpha value is -7.01. The fraction of sp³-hybridized carbons (Fsp3) is 0.507. The second-order valence-corrected chi connectivity index (χ2v) is 28.5. The highest BCUT2D eigenvalue weighted by atomic mass is 32.1. The van der Waals surface area contributed by atoms with Gasteiger partial charge in [-0.15, -0.1) is 0 Å². The number of ketones is 3. The van der Waals surface area contributed by atoms with Crippen LogP contribution in [-0.4, -0.2) is 166 Å². The number of imidazole rings is 1. The first-order valence-corrected chi connectivity index (χ1v) is 35.9. The average Bonchev–Trinajstić information content (AvgIpc) is 1.45. The van der Waals surface area contributed by atoms with Crippen LogP contribution in [0.2, 0.25) is 0 Å². The van der Waals surface area contributed by atoms with Crippen LogP contribution in [0.1, 0.15) is 144 Å². The van der Waals surface area contributed by atoms with Crippen LogP contribution >= 0.6 is 34.0 Å². The van der Waals surface area contributed by atoms with Gasteiger partial charge in [0.05, 0.1) is 33.2 Å². The first kappa shape index (κ1) is 67.9. The molecular formula is C71H93N13O5S3. The summed E-state index contributed by atoms with van der Waals surface area (Å²) in [4.78, 5) is 89.2. The molecule has 12 rings (SSSR count). The molecule has 18 nitrogen and oxygen atoms in total. The number of anilines is 3. The third-order valence-electron chi connectivity index (χ3n) is 18.2. The summed E-state index contributed by atoms with van der Waals surface area (Å²) in [5.74, 6) is 2.18. The van der Waals surface area contributed by atoms with Crippen LogP contribution in [0.5, 0.6) is 0 Å². The van der Waals surface area contributed by atoms with Crippen molar-refractivity contribution in [3.05, 3.63) is 146 Å². The largest absolute Gasteiger partial charge is 0.360 e. The maximum absolute atomic E-state index is 13.1. The van der Waals surface area contributed by atoms with Crippen LogP contribution in [0.3, 0.4) is 0 Å². The number of carbonyl (C=O) groups is 3. The number of pyridine rings is 2. The predicted molar refractivity (Wildman–Crippen MR) is 376 cm³/mol. The summed E-state index contributed by atoms with van der Waals surface area (Å²) in [6, 6.07) is 23.9. The summed E-state index contributed by atoms with van der Waals surface area (Å²) in [6.07, 6.45) is 22.8. The molecule has 9 aromatic rings. The zero-order valence-electron chi connectivity index (χ0n) is 54.8. The Morgan fingerprint density at radius 1 is 0.533 bits per heavy atom. The van der Waals surface area contributed by atoms with E-state index in [4.69, 9.17) is 4.52 Å². The van der Waals surface area contributed by atoms with E-state index in [2.05, 4.69) is 112 Å². The van der Waals surface area contributed by atoms with Gasteiger partial charge in [-0.3, -0.25) is 19.2 Å². The highest BCUT2D eigenvalue weighted by molar-refractivity contribution is 7.18. The molecule has 3 saturated heterocycles. The van der Waals surface area contributed by atoms with E-state index in [0.29, 0.717) is 31.6 Å². The van der Waals surface area contributed by atoms with E-state index in [-0.39, 0.29) is 34.7 Å². The van der Waals surface area contributed by atoms with Gasteiger partial charge in [-0.1, -0.05) is 135 Å². The molecule has 0 amide bonds. The molecule has 0 spiro atoms. The maximum Gasteiger partial charge on any atom is 0.251 e. The Bertz CT molecular complexity index is 3690. The molecule has 3 aliphatic heterocycles. The van der Waals surface area contributed by atoms with Gasteiger partial charge in [0.2, 0.25) is 0 Å². The van der Waals surface area contributed by atoms with Gasteiger partial charge in [0, 0.05) is 139 Å². The van der Waals surface area contributed by atoms with Gasteiger partial charge in [-0.05, 0) is 113 Å². The number of aromatic nitrogens is 7. The summed E-state index contributed by atoms with van der Waals surface area (Å²) < 4.78 is 7.76. The van der Waals surface area contributed by atoms with Gasteiger partial charge in [0.25, 0.3) is 5.56 Å². The number of nitrogens with zero attached hydrogens (tertiary/aromatic N) is 12. The molecular weight excluding hydrogens is 1210 g/mol. The van der Waals surface area contributed by atoms with Crippen LogP contribution in [0, 0.1) is 17.8 Å². The third-order valence-corrected chi connectivity index (χ3v) is 21.5. The molecule has 10 heterocycles. The minimum atomic E-state index is -0.0483. The standard InChI is InChI=1S/C25H32N4O2S.C23H31N5OS.C23H30N4O2S/c1-3-4-7-18(14-20-16-19-8-5-6-9-21(19)27-24(20)31)15-22(30)23-17-26-25(32-23)29-12-10-28(2)11-13-29;1-3-4-7-18(14-19-16-24-22-8-5-6-9-28(19)22)15-20(29)21-17-25-23(30-21)27-12-10-26(2)11-13-27;1-3-4-7-17(15-21-18-8-5-6-9-19(18)25-29-21)14-20(28)22-16-24-23(30-22)27-12-10-26(2)11-13-27/h5-6,8-9,16-18H,3-4,7,10-15H2,1-2H3,(H,27,31);5-6,8-9,16-18H,3-4,7,10-15H2,1-2H3;5-6,8-9,16-17H,3-4,7,10-15H2,1-2H3. The molecule has 0 bridgehead atoms. The van der Waals surface area contributed by atoms with E-state index < -0.39 is 0 Å². The van der Waals surface area contributed by atoms with Crippen molar-refractivity contribution in [3.8, 4) is 0 Å². The van der Waals surface area contributed by atoms with Crippen molar-refractivity contribution in [2.45, 2.75) is 117 Å². The minimum Gasteiger partial charge on any atom is -0.360 e. The lowest BCUT2D eigenvalue weighted by molar-refractivity contribution is 0.0952. The zero-order valence-corrected chi connectivity index (χ0v) is 57.2. The highest BCUT2D eigenvalue weighted by Gasteiger charge is 2.27. The lowest BCUT2D eigenvalue weighted by Crippen LogP contribution is -2.44. The minimum absolute atomic E-state index is 0.0483. The first-order chi connectivity index (χ1) is 44.8. The molecule has 490 valence electrons. The van der Waals surface area contributed by atoms with Crippen LogP contribution in [0.25, 0.3) is 27.5 Å². The smallest absolute Gasteiger partial charge is 0.251 e. The van der Waals surface area contributed by atoms with Crippen LogP contribution in [-0.2, 0) is 19.3 Å². The summed E-state index contributed by atoms with van der Waals surface area (Å²) >= 11 is 4.60. The Morgan fingerprint density at radius 3 is 1.50 bits per heavy atom. The monoisotopic (exact) mass is 1300 g/mol. The molecule has 3 fully saturated rings. The van der Waals surface area contributed by atoms with Crippen LogP contribution in [0.15, 0.2) is 113 Å². The average molecular weight is 1300 g/mol. The van der Waals surface area contributed by atoms with Crippen molar-refractivity contribution >= 4 is 94.2 Å². The Labute approximate surface area is 554 Å². The molecule has 21 heteroatoms. The fourth-order valence-electron chi connectivity index (χ4n) is 12.4. The molecule has 2 aromatic carbocycles. The van der Waals surface area contributed by atoms with Crippen molar-refractivity contribution in [1.29, 1.82) is 0 Å². The van der Waals surface area contributed by atoms with Gasteiger partial charge < -0.3 is 43.3 Å². The van der Waals surface area contributed by atoms with Crippen molar-refractivity contribution in [3.63, 3.8) is 0 Å². The zero-order chi connectivity index (χ0) is 64.3. The topological polar surface area (TPSA) is 186 Å². The summed E-state index contributed by atoms with van der Waals surface area (Å²) in [7, 11) is 6.42. The predicted octanol–water partition coefficient (Wildman–Crippen LogP) is 13.2. The number of likely N-dealkylation sites (N-methyl/N-ethyl adjacent to an activating group) is 3. The number of hydrogen-bond acceptors (Lipinski definition) is 19. The lowest BCUT2D eigenvalue weighted by atomic mass is 9.89. The van der Waals surface area contributed by atoms with Crippen molar-refractivity contribution in [1.82, 2.24) is 49.2 Å². The number of H-pyrrole nitrogens is 1. The number of para-hydroxylation sites is 1. The van der Waals surface area contributed by atoms with Gasteiger partial charge in [0.1, 0.15) is 16.9 Å². The fourth-order valence-corrected chi connectivity index (χ4v) is 15.2. The number of aromatic amines is 1. The normalized spacial score (nSPS) is 16.1. The second kappa shape index (κ2) is 33.7. The molecule has 3 aliphatic rings. The van der Waals surface area contributed by atoms with E-state index in [0.717, 1.165) is 218 Å². The Morgan fingerprint density at radius 2 is 0.989 bits per heavy atom. The summed E-state index contributed by atoms with van der Waals surface area (Å²) in [5.41, 5.74) is 4.60. The van der Waals surface area contributed by atoms with Crippen molar-refractivity contribution < 1.29 is 18.9 Å². The number of piperazine rings is 3. The third kappa shape index (κ3) is 18.6. The summed E-state index contributed by atoms with van der Waals surface area (Å²) in [6.45, 7) is 18.5. The van der Waals surface area contributed by atoms with Crippen molar-refractivity contribution in [2.75, 3.05) is 114 Å². The van der Waals surface area contributed by atoms with E-state index >= 15 is 0 Å². The number of thiazole rings is 3. The number of nitrogens with one attached hydrogen (secondary N) is 1. The van der Waals surface area contributed by atoms with Crippen LogP contribution in [0.4, 0.5) is 15.4 Å². The molecule has 3 unspecified atom stereocenters. The lowest BCUT2D eigenvalue weighted by Gasteiger charge is -2.32. The molecule has 92 heavy (non-hydrogen) atoms. The highest BCUT2D eigenvalue weighted by Crippen LogP contribution is 2.32. The number of fused-ring (bicyclic) bond motifs is 3. The van der Waals surface area contributed by atoms with E-state index in [9.17, 15) is 19.2 Å². The molecule has 0 aliphatic carbocycles. The van der Waals surface area contributed by atoms with Gasteiger partial charge in [-0.25, -0.2) is 19.9 Å². The Kier molecular flexibility index (Phi) is 24.9. The molecule has 3 atom stereocenters. The van der Waals surface area contributed by atoms with E-state index in [1.807, 2.05) is 79.0 Å². The number of Topliss-reactive ketones (excluding diaryl/α,β-unsaturated/α-hetero) is 3. The molecule has 1 N–H and O–H groups in total. The van der Waals surface area contributed by atoms with E-state index in [1.54, 1.807) is 29.9 Å². The van der Waals surface area contributed by atoms with Crippen LogP contribution < -0.4 is 20.3 Å². The molecule has 7 aromatic heterocycles. The SMILES string of the molecule is CCCCC(CC(=O)c1cnc(N2CCN(C)CC2)s1)Cc1cc2ccccc2[nH]c1=O.CCCCC(CC(=O)c1cnc(N2CCN(C)CC2)s1)Cc1cnc2ccccn12.CCCCC(CC(=O)c1cnc(N2CCN(C)CC2)s1)Cc1onc2ccccc12. The molecule has 0 saturated carbocycles. The van der Waals surface area contributed by atoms with E-state index in [1.165, 1.54) is 28.4 Å². The number of benzene rings is 2. The summed E-state index contributed by atoms with van der Waals surface area (Å²) in [5, 5.41) is 9.16. The van der Waals surface area contributed by atoms with Gasteiger partial charge >= 0.3 is 0 Å². The quantitative estimate of drug-likeness (QED) is 0.0479. The Balaban J connectivity index is 0.000000151. The number of unbranched alkanes of at least 4 members (excludes halogenated alkanes) is 3. The molecule has 0 radical (unpaired) electrons. The van der Waals surface area contributed by atoms with Gasteiger partial charge in [-0.2, -0.15) is 0 Å². The second-order valence-electron chi connectivity index (χ2n) is 25.4. The van der Waals surface area contributed by atoms with Gasteiger partial charge in [0.15, 0.2) is 32.7 Å². The number of rotatable bonds is 27. The number of carbonyl (C=O) groups excluding carboxylic acids is 3. The maximum atomic E-state index is 13.1. The first-order valence-electron chi connectivity index (χ1n) is 33.4. The number of hydrogen-bond donors (Lipinski definition) is 1. The van der Waals surface area contributed by atoms with Crippen molar-refractivity contribution in [2.24, 2.45) is 17.8 Å².